The van der Waals surface area contributed by atoms with Crippen molar-refractivity contribution in [2.75, 3.05) is 30.9 Å². The van der Waals surface area contributed by atoms with Crippen LogP contribution in [0.15, 0.2) is 83.9 Å². The number of nitrogens with zero attached hydrogens (tertiary/aromatic N) is 3. The van der Waals surface area contributed by atoms with Gasteiger partial charge in [-0.15, -0.1) is 0 Å². The smallest absolute Gasteiger partial charge is 0.264 e. The summed E-state index contributed by atoms with van der Waals surface area (Å²) in [5.74, 6) is -0.939. The van der Waals surface area contributed by atoms with Crippen LogP contribution in [-0.4, -0.2) is 61.2 Å². The molecule has 0 spiro atoms. The van der Waals surface area contributed by atoms with Crippen molar-refractivity contribution in [2.24, 2.45) is 0 Å². The largest absolute Gasteiger partial charge is 0.335 e. The van der Waals surface area contributed by atoms with Gasteiger partial charge in [0.25, 0.3) is 21.8 Å². The summed E-state index contributed by atoms with van der Waals surface area (Å²) in [6.07, 6.45) is 1.54. The van der Waals surface area contributed by atoms with E-state index in [4.69, 9.17) is 0 Å². The molecule has 2 amide bonds. The van der Waals surface area contributed by atoms with Crippen molar-refractivity contribution in [3.05, 3.63) is 102 Å². The number of nitrogens with one attached hydrogen (secondary N) is 1. The number of amides is 2. The number of aryl methyl sites for hydroxylation is 1. The number of carbonyl (C=O) groups is 2. The second-order valence-corrected chi connectivity index (χ2v) is 10.8. The molecule has 1 saturated heterocycles. The SMILES string of the molecule is Cc1cc(F)cc(C(=O)N2CCN(C(=O)c3ccc(NS(=O)(=O)c4cccc5cccnc45)cc3)CC2)c1. The Labute approximate surface area is 219 Å². The maximum atomic E-state index is 13.7. The summed E-state index contributed by atoms with van der Waals surface area (Å²) < 4.78 is 42.3. The van der Waals surface area contributed by atoms with Crippen molar-refractivity contribution in [3.8, 4) is 0 Å². The highest BCUT2D eigenvalue weighted by Gasteiger charge is 2.26. The van der Waals surface area contributed by atoms with Crippen molar-refractivity contribution in [1.82, 2.24) is 14.8 Å². The number of benzene rings is 3. The maximum Gasteiger partial charge on any atom is 0.264 e. The Hall–Kier alpha value is -4.31. The van der Waals surface area contributed by atoms with Gasteiger partial charge in [0, 0.05) is 54.6 Å². The molecule has 1 aliphatic rings. The van der Waals surface area contributed by atoms with Crippen LogP contribution in [0.4, 0.5) is 10.1 Å². The van der Waals surface area contributed by atoms with Crippen LogP contribution >= 0.6 is 0 Å². The summed E-state index contributed by atoms with van der Waals surface area (Å²) in [6, 6.07) is 18.9. The predicted molar refractivity (Wildman–Crippen MR) is 142 cm³/mol. The number of para-hydroxylation sites is 1. The van der Waals surface area contributed by atoms with Crippen LogP contribution in [0, 0.1) is 12.7 Å². The Morgan fingerprint density at radius 1 is 0.842 bits per heavy atom. The number of sulfonamides is 1. The number of hydrogen-bond donors (Lipinski definition) is 1. The summed E-state index contributed by atoms with van der Waals surface area (Å²) in [4.78, 5) is 33.3. The molecule has 0 unspecified atom stereocenters. The number of rotatable bonds is 5. The topological polar surface area (TPSA) is 99.7 Å². The Kier molecular flexibility index (Phi) is 6.81. The van der Waals surface area contributed by atoms with Gasteiger partial charge in [-0.25, -0.2) is 12.8 Å². The number of pyridine rings is 1. The molecule has 10 heteroatoms. The first-order chi connectivity index (χ1) is 18.2. The number of halogens is 1. The van der Waals surface area contributed by atoms with Gasteiger partial charge in [-0.3, -0.25) is 19.3 Å². The van der Waals surface area contributed by atoms with E-state index in [-0.39, 0.29) is 16.7 Å². The van der Waals surface area contributed by atoms with Crippen LogP contribution in [0.25, 0.3) is 10.9 Å². The van der Waals surface area contributed by atoms with Crippen LogP contribution < -0.4 is 4.72 Å². The summed E-state index contributed by atoms with van der Waals surface area (Å²) >= 11 is 0. The lowest BCUT2D eigenvalue weighted by molar-refractivity contribution is 0.0535. The number of aromatic nitrogens is 1. The first-order valence-electron chi connectivity index (χ1n) is 12.0. The van der Waals surface area contributed by atoms with Crippen LogP contribution in [0.1, 0.15) is 26.3 Å². The van der Waals surface area contributed by atoms with Crippen LogP contribution in [0.5, 0.6) is 0 Å². The Morgan fingerprint density at radius 2 is 1.47 bits per heavy atom. The molecule has 38 heavy (non-hydrogen) atoms. The minimum absolute atomic E-state index is 0.0663. The standard InChI is InChI=1S/C28H25FN4O4S/c1-19-16-22(18-23(29)17-19)28(35)33-14-12-32(13-15-33)27(34)21-7-9-24(10-8-21)31-38(36,37)25-6-2-4-20-5-3-11-30-26(20)25/h2-11,16-18,31H,12-15H2,1H3. The molecule has 1 fully saturated rings. The molecular formula is C28H25FN4O4S. The highest BCUT2D eigenvalue weighted by atomic mass is 32.2. The van der Waals surface area contributed by atoms with E-state index in [1.807, 2.05) is 0 Å². The molecule has 1 aliphatic heterocycles. The molecule has 0 radical (unpaired) electrons. The van der Waals surface area contributed by atoms with Gasteiger partial charge in [0.2, 0.25) is 0 Å². The van der Waals surface area contributed by atoms with Crippen molar-refractivity contribution < 1.29 is 22.4 Å². The van der Waals surface area contributed by atoms with E-state index in [0.29, 0.717) is 59.5 Å². The zero-order chi connectivity index (χ0) is 26.9. The van der Waals surface area contributed by atoms with Crippen molar-refractivity contribution in [2.45, 2.75) is 11.8 Å². The second-order valence-electron chi connectivity index (χ2n) is 9.12. The third kappa shape index (κ3) is 5.21. The lowest BCUT2D eigenvalue weighted by atomic mass is 10.1. The van der Waals surface area contributed by atoms with E-state index in [1.54, 1.807) is 65.4 Å². The van der Waals surface area contributed by atoms with Gasteiger partial charge in [0.1, 0.15) is 10.7 Å². The zero-order valence-corrected chi connectivity index (χ0v) is 21.4. The Morgan fingerprint density at radius 3 is 2.13 bits per heavy atom. The third-order valence-electron chi connectivity index (χ3n) is 6.41. The van der Waals surface area contributed by atoms with Crippen molar-refractivity contribution in [3.63, 3.8) is 0 Å². The van der Waals surface area contributed by atoms with Gasteiger partial charge in [-0.05, 0) is 67.1 Å². The minimum Gasteiger partial charge on any atom is -0.335 e. The van der Waals surface area contributed by atoms with Crippen LogP contribution in [-0.2, 0) is 10.0 Å². The molecule has 5 rings (SSSR count). The molecule has 1 aromatic heterocycles. The number of fused-ring (bicyclic) bond motifs is 1. The summed E-state index contributed by atoms with van der Waals surface area (Å²) in [5.41, 5.74) is 2.05. The third-order valence-corrected chi connectivity index (χ3v) is 7.83. The lowest BCUT2D eigenvalue weighted by Gasteiger charge is -2.35. The van der Waals surface area contributed by atoms with E-state index in [9.17, 15) is 22.4 Å². The number of piperazine rings is 1. The molecule has 8 nitrogen and oxygen atoms in total. The fraction of sp³-hybridized carbons (Fsp3) is 0.179. The van der Waals surface area contributed by atoms with E-state index in [0.717, 1.165) is 0 Å². The summed E-state index contributed by atoms with van der Waals surface area (Å²) in [6.45, 7) is 3.06. The number of carbonyl (C=O) groups excluding carboxylic acids is 2. The highest BCUT2D eigenvalue weighted by Crippen LogP contribution is 2.24. The second kappa shape index (κ2) is 10.2. The molecule has 194 valence electrons. The average Bonchev–Trinajstić information content (AvgIpc) is 2.91. The monoisotopic (exact) mass is 532 g/mol. The molecule has 0 aliphatic carbocycles. The molecule has 3 aromatic carbocycles. The van der Waals surface area contributed by atoms with E-state index >= 15 is 0 Å². The Bertz CT molecular complexity index is 1610. The van der Waals surface area contributed by atoms with Gasteiger partial charge in [0.15, 0.2) is 0 Å². The summed E-state index contributed by atoms with van der Waals surface area (Å²) in [5, 5.41) is 0.712. The average molecular weight is 533 g/mol. The molecular weight excluding hydrogens is 507 g/mol. The van der Waals surface area contributed by atoms with Crippen LogP contribution in [0.3, 0.4) is 0 Å². The molecule has 2 heterocycles. The van der Waals surface area contributed by atoms with Gasteiger partial charge < -0.3 is 9.80 Å². The number of anilines is 1. The molecule has 0 bridgehead atoms. The van der Waals surface area contributed by atoms with E-state index in [1.165, 1.54) is 30.3 Å². The fourth-order valence-corrected chi connectivity index (χ4v) is 5.76. The first-order valence-corrected chi connectivity index (χ1v) is 13.5. The normalized spacial score (nSPS) is 13.9. The zero-order valence-electron chi connectivity index (χ0n) is 20.6. The molecule has 0 atom stereocenters. The van der Waals surface area contributed by atoms with Crippen molar-refractivity contribution in [1.29, 1.82) is 0 Å². The quantitative estimate of drug-likeness (QED) is 0.418. The lowest BCUT2D eigenvalue weighted by Crippen LogP contribution is -2.50. The van der Waals surface area contributed by atoms with E-state index in [2.05, 4.69) is 9.71 Å². The first kappa shape index (κ1) is 25.3. The summed E-state index contributed by atoms with van der Waals surface area (Å²) in [7, 11) is -3.90. The fourth-order valence-electron chi connectivity index (χ4n) is 4.52. The highest BCUT2D eigenvalue weighted by molar-refractivity contribution is 7.93. The predicted octanol–water partition coefficient (Wildman–Crippen LogP) is 4.08. The van der Waals surface area contributed by atoms with Gasteiger partial charge in [0.05, 0.1) is 5.52 Å². The van der Waals surface area contributed by atoms with Gasteiger partial charge in [-0.2, -0.15) is 0 Å². The minimum atomic E-state index is -3.90. The number of hydrogen-bond acceptors (Lipinski definition) is 5. The molecule has 0 saturated carbocycles. The van der Waals surface area contributed by atoms with Crippen LogP contribution in [0.2, 0.25) is 0 Å². The van der Waals surface area contributed by atoms with Gasteiger partial charge >= 0.3 is 0 Å². The molecule has 4 aromatic rings. The Balaban J connectivity index is 1.23. The van der Waals surface area contributed by atoms with Gasteiger partial charge in [-0.1, -0.05) is 18.2 Å². The molecule has 1 N–H and O–H groups in total. The van der Waals surface area contributed by atoms with Crippen molar-refractivity contribution >= 4 is 38.4 Å². The van der Waals surface area contributed by atoms with E-state index < -0.39 is 15.8 Å². The maximum absolute atomic E-state index is 13.7.